The summed E-state index contributed by atoms with van der Waals surface area (Å²) in [7, 11) is 0. The van der Waals surface area contributed by atoms with Crippen molar-refractivity contribution < 1.29 is 4.74 Å². The van der Waals surface area contributed by atoms with E-state index in [1.54, 1.807) is 0 Å². The van der Waals surface area contributed by atoms with Crippen LogP contribution in [-0.2, 0) is 4.74 Å². The van der Waals surface area contributed by atoms with E-state index >= 15 is 0 Å². The van der Waals surface area contributed by atoms with E-state index in [0.717, 1.165) is 18.1 Å². The molecule has 1 saturated carbocycles. The first-order valence-corrected chi connectivity index (χ1v) is 5.40. The molecule has 0 radical (unpaired) electrons. The third kappa shape index (κ3) is 2.36. The van der Waals surface area contributed by atoms with Crippen LogP contribution in [0.15, 0.2) is 23.7 Å². The van der Waals surface area contributed by atoms with Crippen molar-refractivity contribution in [3.05, 3.63) is 23.7 Å². The molecule has 0 bridgehead atoms. The molecule has 2 aliphatic rings. The average Bonchev–Trinajstić information content (AvgIpc) is 2.53. The van der Waals surface area contributed by atoms with Crippen molar-refractivity contribution in [1.29, 1.82) is 0 Å². The van der Waals surface area contributed by atoms with E-state index < -0.39 is 0 Å². The Labute approximate surface area is 80.5 Å². The van der Waals surface area contributed by atoms with Crippen LogP contribution >= 0.6 is 0 Å². The van der Waals surface area contributed by atoms with Gasteiger partial charge in [-0.2, -0.15) is 0 Å². The van der Waals surface area contributed by atoms with Gasteiger partial charge in [-0.15, -0.1) is 0 Å². The fourth-order valence-corrected chi connectivity index (χ4v) is 2.20. The van der Waals surface area contributed by atoms with Crippen molar-refractivity contribution in [3.8, 4) is 0 Å². The summed E-state index contributed by atoms with van der Waals surface area (Å²) in [6, 6.07) is 0. The summed E-state index contributed by atoms with van der Waals surface area (Å²) in [6.45, 7) is 2.03. The zero-order valence-corrected chi connectivity index (χ0v) is 8.38. The van der Waals surface area contributed by atoms with Crippen molar-refractivity contribution in [3.63, 3.8) is 0 Å². The Morgan fingerprint density at radius 3 is 2.69 bits per heavy atom. The molecular weight excluding hydrogens is 160 g/mol. The first kappa shape index (κ1) is 8.86. The molecule has 0 spiro atoms. The summed E-state index contributed by atoms with van der Waals surface area (Å²) in [5.74, 6) is 3.05. The summed E-state index contributed by atoms with van der Waals surface area (Å²) >= 11 is 0. The third-order valence-electron chi connectivity index (χ3n) is 2.95. The molecule has 0 saturated heterocycles. The average molecular weight is 178 g/mol. The highest BCUT2D eigenvalue weighted by molar-refractivity contribution is 5.13. The lowest BCUT2D eigenvalue weighted by Crippen LogP contribution is -2.03. The molecule has 1 heterocycles. The Bertz CT molecular complexity index is 232. The molecule has 1 aliphatic heterocycles. The lowest BCUT2D eigenvalue weighted by molar-refractivity contribution is 0.313. The molecule has 1 nitrogen and oxygen atoms in total. The number of hydrogen-bond acceptors (Lipinski definition) is 1. The second-order valence-electron chi connectivity index (χ2n) is 4.15. The van der Waals surface area contributed by atoms with Gasteiger partial charge < -0.3 is 4.74 Å². The molecule has 1 fully saturated rings. The third-order valence-corrected chi connectivity index (χ3v) is 2.95. The quantitative estimate of drug-likeness (QED) is 0.593. The van der Waals surface area contributed by atoms with Crippen LogP contribution in [0.1, 0.15) is 45.4 Å². The molecule has 13 heavy (non-hydrogen) atoms. The molecule has 72 valence electrons. The number of hydrogen-bond donors (Lipinski definition) is 0. The standard InChI is InChI=1S/C12H18O/c1-10-7-8-12(13-10)9-11-5-3-2-4-6-11/h7,9,11H,2-6,8H2,1H3. The van der Waals surface area contributed by atoms with Gasteiger partial charge in [0.2, 0.25) is 0 Å². The summed E-state index contributed by atoms with van der Waals surface area (Å²) < 4.78 is 5.59. The Morgan fingerprint density at radius 1 is 1.31 bits per heavy atom. The lowest BCUT2D eigenvalue weighted by atomic mass is 9.89. The van der Waals surface area contributed by atoms with Crippen molar-refractivity contribution in [2.45, 2.75) is 45.4 Å². The minimum atomic E-state index is 0.794. The van der Waals surface area contributed by atoms with E-state index in [1.807, 2.05) is 6.92 Å². The van der Waals surface area contributed by atoms with E-state index in [9.17, 15) is 0 Å². The smallest absolute Gasteiger partial charge is 0.104 e. The topological polar surface area (TPSA) is 9.23 Å². The van der Waals surface area contributed by atoms with Crippen LogP contribution in [0, 0.1) is 5.92 Å². The van der Waals surface area contributed by atoms with Gasteiger partial charge in [-0.1, -0.05) is 19.3 Å². The van der Waals surface area contributed by atoms with Crippen molar-refractivity contribution in [2.75, 3.05) is 0 Å². The minimum absolute atomic E-state index is 0.794. The number of allylic oxidation sites excluding steroid dienone is 3. The van der Waals surface area contributed by atoms with Gasteiger partial charge in [0.05, 0.1) is 5.76 Å². The van der Waals surface area contributed by atoms with Crippen molar-refractivity contribution >= 4 is 0 Å². The Balaban J connectivity index is 1.88. The van der Waals surface area contributed by atoms with Gasteiger partial charge in [-0.25, -0.2) is 0 Å². The molecule has 0 aromatic rings. The van der Waals surface area contributed by atoms with Crippen molar-refractivity contribution in [2.24, 2.45) is 5.92 Å². The van der Waals surface area contributed by atoms with Gasteiger partial charge in [0.25, 0.3) is 0 Å². The Kier molecular flexibility index (Phi) is 2.72. The monoisotopic (exact) mass is 178 g/mol. The zero-order chi connectivity index (χ0) is 9.10. The maximum Gasteiger partial charge on any atom is 0.104 e. The van der Waals surface area contributed by atoms with Crippen LogP contribution in [0.5, 0.6) is 0 Å². The van der Waals surface area contributed by atoms with Crippen molar-refractivity contribution in [1.82, 2.24) is 0 Å². The maximum atomic E-state index is 5.59. The molecule has 0 unspecified atom stereocenters. The normalized spacial score (nSPS) is 27.5. The summed E-state index contributed by atoms with van der Waals surface area (Å²) in [4.78, 5) is 0. The highest BCUT2D eigenvalue weighted by Gasteiger charge is 2.14. The molecule has 0 N–H and O–H groups in total. The van der Waals surface area contributed by atoms with Gasteiger partial charge in [-0.3, -0.25) is 0 Å². The summed E-state index contributed by atoms with van der Waals surface area (Å²) in [5.41, 5.74) is 0. The highest BCUT2D eigenvalue weighted by Crippen LogP contribution is 2.28. The molecule has 2 rings (SSSR count). The van der Waals surface area contributed by atoms with Gasteiger partial charge in [-0.05, 0) is 37.8 Å². The summed E-state index contributed by atoms with van der Waals surface area (Å²) in [5, 5.41) is 0. The molecule has 0 aromatic heterocycles. The molecule has 0 atom stereocenters. The van der Waals surface area contributed by atoms with Crippen LogP contribution in [-0.4, -0.2) is 0 Å². The largest absolute Gasteiger partial charge is 0.467 e. The molecule has 1 heteroatoms. The highest BCUT2D eigenvalue weighted by atomic mass is 16.5. The Hall–Kier alpha value is -0.720. The van der Waals surface area contributed by atoms with E-state index in [0.29, 0.717) is 0 Å². The fourth-order valence-electron chi connectivity index (χ4n) is 2.20. The van der Waals surface area contributed by atoms with Gasteiger partial charge in [0.15, 0.2) is 0 Å². The van der Waals surface area contributed by atoms with Crippen LogP contribution in [0.4, 0.5) is 0 Å². The predicted molar refractivity (Wildman–Crippen MR) is 54.1 cm³/mol. The van der Waals surface area contributed by atoms with E-state index in [4.69, 9.17) is 4.74 Å². The maximum absolute atomic E-state index is 5.59. The predicted octanol–water partition coefficient (Wildman–Crippen LogP) is 3.77. The molecular formula is C12H18O. The van der Waals surface area contributed by atoms with Crippen LogP contribution in [0.2, 0.25) is 0 Å². The van der Waals surface area contributed by atoms with Gasteiger partial charge >= 0.3 is 0 Å². The first-order valence-electron chi connectivity index (χ1n) is 5.40. The molecule has 0 amide bonds. The summed E-state index contributed by atoms with van der Waals surface area (Å²) in [6.07, 6.45) is 12.5. The van der Waals surface area contributed by atoms with E-state index in [1.165, 1.54) is 37.9 Å². The number of rotatable bonds is 1. The number of ether oxygens (including phenoxy) is 1. The minimum Gasteiger partial charge on any atom is -0.467 e. The zero-order valence-electron chi connectivity index (χ0n) is 8.38. The van der Waals surface area contributed by atoms with E-state index in [2.05, 4.69) is 12.2 Å². The van der Waals surface area contributed by atoms with Gasteiger partial charge in [0.1, 0.15) is 5.76 Å². The van der Waals surface area contributed by atoms with Gasteiger partial charge in [0, 0.05) is 6.42 Å². The second-order valence-corrected chi connectivity index (χ2v) is 4.15. The molecule has 1 aliphatic carbocycles. The lowest BCUT2D eigenvalue weighted by Gasteiger charge is -2.18. The second kappa shape index (κ2) is 3.99. The fraction of sp³-hybridized carbons (Fsp3) is 0.667. The van der Waals surface area contributed by atoms with E-state index in [-0.39, 0.29) is 0 Å². The van der Waals surface area contributed by atoms with Crippen LogP contribution < -0.4 is 0 Å². The first-order chi connectivity index (χ1) is 6.34. The van der Waals surface area contributed by atoms with Crippen LogP contribution in [0.25, 0.3) is 0 Å². The van der Waals surface area contributed by atoms with Crippen LogP contribution in [0.3, 0.4) is 0 Å². The Morgan fingerprint density at radius 2 is 2.08 bits per heavy atom. The SMILES string of the molecule is CC1=CCC(=CC2CCCCC2)O1. The molecule has 0 aromatic carbocycles.